The van der Waals surface area contributed by atoms with Gasteiger partial charge in [-0.1, -0.05) is 62.4 Å². The summed E-state index contributed by atoms with van der Waals surface area (Å²) in [7, 11) is 0. The molecule has 8 nitrogen and oxygen atoms in total. The second-order valence-corrected chi connectivity index (χ2v) is 9.26. The molecule has 2 amide bonds. The maximum absolute atomic E-state index is 12.8. The highest BCUT2D eigenvalue weighted by Gasteiger charge is 2.16. The van der Waals surface area contributed by atoms with Gasteiger partial charge < -0.3 is 10.6 Å². The van der Waals surface area contributed by atoms with Crippen LogP contribution in [0.15, 0.2) is 77.6 Å². The van der Waals surface area contributed by atoms with Crippen molar-refractivity contribution in [3.63, 3.8) is 0 Å². The van der Waals surface area contributed by atoms with E-state index in [1.165, 1.54) is 4.68 Å². The average Bonchev–Trinajstić information content (AvgIpc) is 2.84. The first-order valence-electron chi connectivity index (χ1n) is 11.4. The zero-order valence-corrected chi connectivity index (χ0v) is 19.9. The Bertz CT molecular complexity index is 1440. The molecule has 0 atom stereocenters. The monoisotopic (exact) mass is 469 g/mol. The molecule has 4 aromatic rings. The van der Waals surface area contributed by atoms with E-state index in [4.69, 9.17) is 0 Å². The van der Waals surface area contributed by atoms with E-state index < -0.39 is 0 Å². The number of benzene rings is 3. The molecule has 4 rings (SSSR count). The molecule has 2 N–H and O–H groups in total. The highest BCUT2D eigenvalue weighted by atomic mass is 16.2. The molecule has 1 aromatic heterocycles. The lowest BCUT2D eigenvalue weighted by atomic mass is 9.87. The minimum atomic E-state index is -0.317. The van der Waals surface area contributed by atoms with E-state index in [2.05, 4.69) is 41.7 Å². The van der Waals surface area contributed by atoms with Gasteiger partial charge in [0.15, 0.2) is 0 Å². The van der Waals surface area contributed by atoms with Crippen molar-refractivity contribution in [2.75, 3.05) is 10.6 Å². The first-order chi connectivity index (χ1) is 16.7. The van der Waals surface area contributed by atoms with Gasteiger partial charge in [-0.25, -0.2) is 4.68 Å². The predicted octanol–water partition coefficient (Wildman–Crippen LogP) is 4.37. The predicted molar refractivity (Wildman–Crippen MR) is 137 cm³/mol. The summed E-state index contributed by atoms with van der Waals surface area (Å²) in [4.78, 5) is 38.0. The molecule has 0 fully saturated rings. The number of aryl methyl sites for hydroxylation is 1. The highest BCUT2D eigenvalue weighted by Crippen LogP contribution is 2.24. The molecular weight excluding hydrogens is 442 g/mol. The van der Waals surface area contributed by atoms with Crippen LogP contribution in [0.25, 0.3) is 10.9 Å². The Morgan fingerprint density at radius 1 is 0.857 bits per heavy atom. The Labute approximate surface area is 203 Å². The second-order valence-electron chi connectivity index (χ2n) is 9.26. The minimum absolute atomic E-state index is 0.00451. The number of aromatic nitrogens is 3. The van der Waals surface area contributed by atoms with Crippen LogP contribution in [0.4, 0.5) is 11.4 Å². The lowest BCUT2D eigenvalue weighted by molar-refractivity contribution is -0.116. The molecule has 8 heteroatoms. The SMILES string of the molecule is CC(C)(C)c1ccc(C(=O)Nc2ccccc2NC(=O)CCn2nnc3ccccc3c2=O)cc1. The third-order valence-corrected chi connectivity index (χ3v) is 5.64. The van der Waals surface area contributed by atoms with Gasteiger partial charge in [-0.3, -0.25) is 14.4 Å². The molecule has 0 spiro atoms. The number of fused-ring (bicyclic) bond motifs is 1. The standard InChI is InChI=1S/C27H27N5O3/c1-27(2,3)19-14-12-18(13-15-19)25(34)29-23-11-7-6-10-22(23)28-24(33)16-17-32-26(35)20-8-4-5-9-21(20)30-31-32/h4-15H,16-17H2,1-3H3,(H,28,33)(H,29,34). The van der Waals surface area contributed by atoms with Crippen LogP contribution in [0.1, 0.15) is 43.1 Å². The van der Waals surface area contributed by atoms with Crippen LogP contribution in [-0.2, 0) is 16.8 Å². The van der Waals surface area contributed by atoms with Gasteiger partial charge in [0.2, 0.25) is 5.91 Å². The summed E-state index contributed by atoms with van der Waals surface area (Å²) in [5.74, 6) is -0.590. The molecule has 0 aliphatic heterocycles. The van der Waals surface area contributed by atoms with Gasteiger partial charge in [0.1, 0.15) is 5.52 Å². The average molecular weight is 470 g/mol. The van der Waals surface area contributed by atoms with Crippen LogP contribution in [0.3, 0.4) is 0 Å². The second kappa shape index (κ2) is 9.89. The number of rotatable bonds is 6. The summed E-state index contributed by atoms with van der Waals surface area (Å²) in [6, 6.07) is 21.4. The molecule has 3 aromatic carbocycles. The number of hydrogen-bond acceptors (Lipinski definition) is 5. The fourth-order valence-corrected chi connectivity index (χ4v) is 3.61. The normalized spacial score (nSPS) is 11.3. The Morgan fingerprint density at radius 3 is 2.17 bits per heavy atom. The molecule has 0 saturated carbocycles. The van der Waals surface area contributed by atoms with E-state index in [1.807, 2.05) is 12.1 Å². The number of nitrogens with zero attached hydrogens (tertiary/aromatic N) is 3. The van der Waals surface area contributed by atoms with Gasteiger partial charge in [0, 0.05) is 12.0 Å². The van der Waals surface area contributed by atoms with Crippen molar-refractivity contribution >= 4 is 34.1 Å². The van der Waals surface area contributed by atoms with E-state index in [0.717, 1.165) is 5.56 Å². The quantitative estimate of drug-likeness (QED) is 0.436. The molecule has 35 heavy (non-hydrogen) atoms. The Kier molecular flexibility index (Phi) is 6.73. The Morgan fingerprint density at radius 2 is 1.49 bits per heavy atom. The first kappa shape index (κ1) is 23.8. The van der Waals surface area contributed by atoms with E-state index in [9.17, 15) is 14.4 Å². The number of carbonyl (C=O) groups is 2. The van der Waals surface area contributed by atoms with Crippen LogP contribution >= 0.6 is 0 Å². The lowest BCUT2D eigenvalue weighted by Gasteiger charge is -2.19. The maximum atomic E-state index is 12.8. The molecule has 0 radical (unpaired) electrons. The van der Waals surface area contributed by atoms with Gasteiger partial charge in [-0.05, 0) is 47.4 Å². The van der Waals surface area contributed by atoms with Gasteiger partial charge in [0.05, 0.1) is 23.3 Å². The molecular formula is C27H27N5O3. The van der Waals surface area contributed by atoms with Crippen LogP contribution < -0.4 is 16.2 Å². The van der Waals surface area contributed by atoms with E-state index >= 15 is 0 Å². The Hall–Kier alpha value is -4.33. The van der Waals surface area contributed by atoms with E-state index in [1.54, 1.807) is 60.7 Å². The smallest absolute Gasteiger partial charge is 0.277 e. The molecule has 1 heterocycles. The van der Waals surface area contributed by atoms with Crippen molar-refractivity contribution in [1.29, 1.82) is 0 Å². The summed E-state index contributed by atoms with van der Waals surface area (Å²) in [6.07, 6.45) is 0.0173. The Balaban J connectivity index is 1.42. The number of anilines is 2. The molecule has 178 valence electrons. The van der Waals surface area contributed by atoms with Crippen molar-refractivity contribution in [1.82, 2.24) is 15.0 Å². The molecule has 0 saturated heterocycles. The van der Waals surface area contributed by atoms with Crippen molar-refractivity contribution in [3.8, 4) is 0 Å². The van der Waals surface area contributed by atoms with Crippen molar-refractivity contribution in [2.45, 2.75) is 39.2 Å². The fourth-order valence-electron chi connectivity index (χ4n) is 3.61. The largest absolute Gasteiger partial charge is 0.324 e. The fraction of sp³-hybridized carbons (Fsp3) is 0.222. The number of amides is 2. The summed E-state index contributed by atoms with van der Waals surface area (Å²) >= 11 is 0. The molecule has 0 unspecified atom stereocenters. The summed E-state index contributed by atoms with van der Waals surface area (Å²) in [5.41, 5.74) is 2.81. The van der Waals surface area contributed by atoms with Crippen molar-refractivity contribution in [2.24, 2.45) is 0 Å². The molecule has 0 aliphatic rings. The number of nitrogens with one attached hydrogen (secondary N) is 2. The lowest BCUT2D eigenvalue weighted by Crippen LogP contribution is -2.26. The van der Waals surface area contributed by atoms with Crippen LogP contribution in [0, 0.1) is 0 Å². The van der Waals surface area contributed by atoms with Gasteiger partial charge in [0.25, 0.3) is 11.5 Å². The molecule has 0 bridgehead atoms. The van der Waals surface area contributed by atoms with Gasteiger partial charge in [-0.15, -0.1) is 5.10 Å². The van der Waals surface area contributed by atoms with E-state index in [-0.39, 0.29) is 35.8 Å². The third-order valence-electron chi connectivity index (χ3n) is 5.64. The zero-order valence-electron chi connectivity index (χ0n) is 19.9. The van der Waals surface area contributed by atoms with Crippen molar-refractivity contribution < 1.29 is 9.59 Å². The first-order valence-corrected chi connectivity index (χ1v) is 11.4. The summed E-state index contributed by atoms with van der Waals surface area (Å²) in [6.45, 7) is 6.43. The highest BCUT2D eigenvalue weighted by molar-refractivity contribution is 6.07. The number of hydrogen-bond donors (Lipinski definition) is 2. The minimum Gasteiger partial charge on any atom is -0.324 e. The van der Waals surface area contributed by atoms with E-state index in [0.29, 0.717) is 27.8 Å². The number of para-hydroxylation sites is 2. The third kappa shape index (κ3) is 5.60. The number of carbonyl (C=O) groups excluding carboxylic acids is 2. The van der Waals surface area contributed by atoms with Crippen LogP contribution in [-0.4, -0.2) is 26.8 Å². The van der Waals surface area contributed by atoms with Crippen molar-refractivity contribution in [3.05, 3.63) is 94.3 Å². The summed E-state index contributed by atoms with van der Waals surface area (Å²) < 4.78 is 1.18. The van der Waals surface area contributed by atoms with Crippen LogP contribution in [0.2, 0.25) is 0 Å². The maximum Gasteiger partial charge on any atom is 0.277 e. The zero-order chi connectivity index (χ0) is 25.0. The van der Waals surface area contributed by atoms with Crippen LogP contribution in [0.5, 0.6) is 0 Å². The topological polar surface area (TPSA) is 106 Å². The molecule has 0 aliphatic carbocycles. The van der Waals surface area contributed by atoms with Gasteiger partial charge in [-0.2, -0.15) is 0 Å². The van der Waals surface area contributed by atoms with Gasteiger partial charge >= 0.3 is 0 Å². The summed E-state index contributed by atoms with van der Waals surface area (Å²) in [5, 5.41) is 14.1.